The zero-order chi connectivity index (χ0) is 13.7. The molecule has 0 atom stereocenters. The van der Waals surface area contributed by atoms with Crippen molar-refractivity contribution in [3.8, 4) is 0 Å². The number of H-pyrrole nitrogens is 1. The number of nitrogens with one attached hydrogen (secondary N) is 2. The Bertz CT molecular complexity index is 542. The van der Waals surface area contributed by atoms with Crippen molar-refractivity contribution in [2.24, 2.45) is 17.8 Å². The van der Waals surface area contributed by atoms with E-state index < -0.39 is 0 Å². The van der Waals surface area contributed by atoms with Gasteiger partial charge in [0.25, 0.3) is 5.56 Å². The van der Waals surface area contributed by atoms with E-state index in [4.69, 9.17) is 0 Å². The van der Waals surface area contributed by atoms with Crippen LogP contribution in [0.4, 0.5) is 0 Å². The second-order valence-corrected chi connectivity index (χ2v) is 7.31. The molecule has 4 fully saturated rings. The topological polar surface area (TPSA) is 57.8 Å². The van der Waals surface area contributed by atoms with Gasteiger partial charge in [0.15, 0.2) is 0 Å². The van der Waals surface area contributed by atoms with E-state index >= 15 is 0 Å². The van der Waals surface area contributed by atoms with Crippen LogP contribution in [0.2, 0.25) is 0 Å². The van der Waals surface area contributed by atoms with Gasteiger partial charge in [0.1, 0.15) is 5.82 Å². The Morgan fingerprint density at radius 1 is 1.25 bits per heavy atom. The zero-order valence-electron chi connectivity index (χ0n) is 12.1. The number of nitrogens with zero attached hydrogens (tertiary/aromatic N) is 1. The quantitative estimate of drug-likeness (QED) is 0.885. The molecule has 4 saturated carbocycles. The molecule has 4 nitrogen and oxygen atoms in total. The van der Waals surface area contributed by atoms with Gasteiger partial charge in [-0.25, -0.2) is 4.98 Å². The Labute approximate surface area is 119 Å². The van der Waals surface area contributed by atoms with Crippen LogP contribution in [0, 0.1) is 17.8 Å². The number of aromatic amines is 1. The van der Waals surface area contributed by atoms with Gasteiger partial charge in [0.05, 0.1) is 0 Å². The lowest BCUT2D eigenvalue weighted by atomic mass is 9.49. The first-order valence-corrected chi connectivity index (χ1v) is 7.92. The summed E-state index contributed by atoms with van der Waals surface area (Å²) in [6, 6.07) is 0. The van der Waals surface area contributed by atoms with Gasteiger partial charge in [-0.3, -0.25) is 4.79 Å². The normalized spacial score (nSPS) is 38.4. The summed E-state index contributed by atoms with van der Waals surface area (Å²) in [6.45, 7) is 0.587. The van der Waals surface area contributed by atoms with E-state index in [1.54, 1.807) is 6.20 Å². The van der Waals surface area contributed by atoms with Crippen LogP contribution in [0.5, 0.6) is 0 Å². The summed E-state index contributed by atoms with van der Waals surface area (Å²) in [7, 11) is 1.85. The van der Waals surface area contributed by atoms with E-state index in [1.807, 2.05) is 7.05 Å². The summed E-state index contributed by atoms with van der Waals surface area (Å²) in [4.78, 5) is 20.0. The third-order valence-electron chi connectivity index (χ3n) is 5.78. The lowest BCUT2D eigenvalue weighted by Gasteiger charge is -2.56. The molecular weight excluding hydrogens is 250 g/mol. The predicted molar refractivity (Wildman–Crippen MR) is 77.5 cm³/mol. The number of hydrogen-bond donors (Lipinski definition) is 2. The first-order valence-electron chi connectivity index (χ1n) is 7.92. The first kappa shape index (κ1) is 12.6. The standard InChI is InChI=1S/C16H23N3O/c1-17-8-13-9-18-15(19-14(13)20)16-5-10-2-11(6-16)4-12(3-10)7-16/h9-12,17H,2-8H2,1H3,(H,18,19,20). The summed E-state index contributed by atoms with van der Waals surface area (Å²) in [6.07, 6.45) is 9.77. The summed E-state index contributed by atoms with van der Waals surface area (Å²) >= 11 is 0. The second kappa shape index (κ2) is 4.42. The van der Waals surface area contributed by atoms with E-state index in [9.17, 15) is 4.79 Å². The molecule has 4 aliphatic carbocycles. The van der Waals surface area contributed by atoms with Gasteiger partial charge >= 0.3 is 0 Å². The van der Waals surface area contributed by atoms with Gasteiger partial charge in [-0.05, 0) is 63.3 Å². The minimum atomic E-state index is 0.0418. The fourth-order valence-corrected chi connectivity index (χ4v) is 5.41. The molecule has 0 unspecified atom stereocenters. The average molecular weight is 273 g/mol. The van der Waals surface area contributed by atoms with Crippen molar-refractivity contribution in [2.45, 2.75) is 50.5 Å². The summed E-state index contributed by atoms with van der Waals surface area (Å²) in [5.41, 5.74) is 0.965. The molecule has 4 bridgehead atoms. The van der Waals surface area contributed by atoms with E-state index in [1.165, 1.54) is 38.5 Å². The SMILES string of the molecule is CNCc1cnc(C23CC4CC(CC(C4)C2)C3)[nH]c1=O. The molecule has 108 valence electrons. The van der Waals surface area contributed by atoms with Crippen LogP contribution in [0.15, 0.2) is 11.0 Å². The van der Waals surface area contributed by atoms with Gasteiger partial charge in [-0.2, -0.15) is 0 Å². The highest BCUT2D eigenvalue weighted by molar-refractivity contribution is 5.18. The highest BCUT2D eigenvalue weighted by Crippen LogP contribution is 2.59. The molecule has 0 aliphatic heterocycles. The third-order valence-corrected chi connectivity index (χ3v) is 5.78. The van der Waals surface area contributed by atoms with Gasteiger partial charge < -0.3 is 10.3 Å². The maximum Gasteiger partial charge on any atom is 0.255 e. The largest absolute Gasteiger partial charge is 0.315 e. The van der Waals surface area contributed by atoms with E-state index in [2.05, 4.69) is 15.3 Å². The molecule has 2 N–H and O–H groups in total. The Morgan fingerprint density at radius 2 is 1.85 bits per heavy atom. The number of aromatic nitrogens is 2. The average Bonchev–Trinajstić information content (AvgIpc) is 2.39. The minimum Gasteiger partial charge on any atom is -0.315 e. The molecule has 0 saturated heterocycles. The van der Waals surface area contributed by atoms with Gasteiger partial charge in [-0.1, -0.05) is 0 Å². The third kappa shape index (κ3) is 1.85. The Morgan fingerprint density at radius 3 is 2.35 bits per heavy atom. The molecule has 1 heterocycles. The monoisotopic (exact) mass is 273 g/mol. The van der Waals surface area contributed by atoms with Crippen molar-refractivity contribution in [3.63, 3.8) is 0 Å². The van der Waals surface area contributed by atoms with Crippen LogP contribution in [0.3, 0.4) is 0 Å². The highest BCUT2D eigenvalue weighted by atomic mass is 16.1. The first-order chi connectivity index (χ1) is 9.68. The Kier molecular flexibility index (Phi) is 2.78. The lowest BCUT2D eigenvalue weighted by Crippen LogP contribution is -2.50. The van der Waals surface area contributed by atoms with Crippen molar-refractivity contribution in [2.75, 3.05) is 7.05 Å². The Balaban J connectivity index is 1.70. The van der Waals surface area contributed by atoms with Crippen molar-refractivity contribution >= 4 is 0 Å². The van der Waals surface area contributed by atoms with Crippen LogP contribution < -0.4 is 10.9 Å². The fraction of sp³-hybridized carbons (Fsp3) is 0.750. The van der Waals surface area contributed by atoms with Crippen LogP contribution in [-0.4, -0.2) is 17.0 Å². The molecule has 20 heavy (non-hydrogen) atoms. The molecule has 4 aliphatic rings. The smallest absolute Gasteiger partial charge is 0.255 e. The second-order valence-electron chi connectivity index (χ2n) is 7.31. The maximum absolute atomic E-state index is 12.2. The number of hydrogen-bond acceptors (Lipinski definition) is 3. The van der Waals surface area contributed by atoms with E-state index in [0.717, 1.165) is 29.1 Å². The molecule has 0 amide bonds. The van der Waals surface area contributed by atoms with Crippen molar-refractivity contribution in [1.82, 2.24) is 15.3 Å². The van der Waals surface area contributed by atoms with E-state index in [0.29, 0.717) is 6.54 Å². The fourth-order valence-electron chi connectivity index (χ4n) is 5.41. The van der Waals surface area contributed by atoms with Gasteiger partial charge in [0.2, 0.25) is 0 Å². The van der Waals surface area contributed by atoms with Crippen LogP contribution >= 0.6 is 0 Å². The molecule has 0 radical (unpaired) electrons. The maximum atomic E-state index is 12.2. The molecule has 0 aromatic carbocycles. The molecular formula is C16H23N3O. The van der Waals surface area contributed by atoms with E-state index in [-0.39, 0.29) is 11.0 Å². The van der Waals surface area contributed by atoms with Crippen LogP contribution in [-0.2, 0) is 12.0 Å². The van der Waals surface area contributed by atoms with Gasteiger partial charge in [-0.15, -0.1) is 0 Å². The summed E-state index contributed by atoms with van der Waals surface area (Å²) in [5.74, 6) is 3.61. The summed E-state index contributed by atoms with van der Waals surface area (Å²) < 4.78 is 0. The lowest BCUT2D eigenvalue weighted by molar-refractivity contribution is -0.00953. The molecule has 4 heteroatoms. The Hall–Kier alpha value is -1.16. The van der Waals surface area contributed by atoms with Gasteiger partial charge in [0, 0.05) is 23.7 Å². The zero-order valence-corrected chi connectivity index (χ0v) is 12.1. The molecule has 1 aromatic heterocycles. The minimum absolute atomic E-state index is 0.0418. The molecule has 1 aromatic rings. The molecule has 5 rings (SSSR count). The molecule has 0 spiro atoms. The summed E-state index contributed by atoms with van der Waals surface area (Å²) in [5, 5.41) is 3.02. The number of rotatable bonds is 3. The van der Waals surface area contributed by atoms with Crippen molar-refractivity contribution < 1.29 is 0 Å². The van der Waals surface area contributed by atoms with Crippen molar-refractivity contribution in [3.05, 3.63) is 27.9 Å². The van der Waals surface area contributed by atoms with Crippen LogP contribution in [0.1, 0.15) is 49.9 Å². The van der Waals surface area contributed by atoms with Crippen molar-refractivity contribution in [1.29, 1.82) is 0 Å². The predicted octanol–water partition coefficient (Wildman–Crippen LogP) is 1.96. The highest BCUT2D eigenvalue weighted by Gasteiger charge is 2.52. The van der Waals surface area contributed by atoms with Crippen LogP contribution in [0.25, 0.3) is 0 Å².